The molecule has 0 aliphatic heterocycles. The van der Waals surface area contributed by atoms with Crippen LogP contribution in [-0.4, -0.2) is 26.7 Å². The number of nitrogens with two attached hydrogens (primary N) is 3. The van der Waals surface area contributed by atoms with Crippen LogP contribution in [0.2, 0.25) is 0 Å². The van der Waals surface area contributed by atoms with E-state index in [9.17, 15) is 0 Å². The Hall–Kier alpha value is -2.90. The number of guanidine groups is 2. The molecule has 8 nitrogen and oxygen atoms in total. The maximum absolute atomic E-state index is 5.53. The maximum Gasteiger partial charge on any atom is 0.223 e. The van der Waals surface area contributed by atoms with Crippen molar-refractivity contribution in [2.45, 2.75) is 6.92 Å². The van der Waals surface area contributed by atoms with Gasteiger partial charge in [-0.3, -0.25) is 0 Å². The highest BCUT2D eigenvalue weighted by molar-refractivity contribution is 5.93. The van der Waals surface area contributed by atoms with E-state index in [1.54, 1.807) is 23.1 Å². The van der Waals surface area contributed by atoms with Gasteiger partial charge in [0.1, 0.15) is 12.2 Å². The molecule has 0 saturated heterocycles. The zero-order chi connectivity index (χ0) is 13.8. The molecule has 0 aliphatic carbocycles. The van der Waals surface area contributed by atoms with Crippen molar-refractivity contribution in [1.29, 1.82) is 0 Å². The predicted octanol–water partition coefficient (Wildman–Crippen LogP) is -0.205. The summed E-state index contributed by atoms with van der Waals surface area (Å²) in [4.78, 5) is 11.7. The first-order chi connectivity index (χ1) is 9.04. The maximum atomic E-state index is 5.53. The molecule has 1 aromatic carbocycles. The molecule has 0 radical (unpaired) electrons. The highest BCUT2D eigenvalue weighted by Gasteiger charge is 1.99. The van der Waals surface area contributed by atoms with Gasteiger partial charge in [0, 0.05) is 0 Å². The molecule has 6 N–H and O–H groups in total. The molecule has 0 atom stereocenters. The Morgan fingerprint density at radius 3 is 2.37 bits per heavy atom. The molecule has 2 aromatic rings. The lowest BCUT2D eigenvalue weighted by atomic mass is 10.3. The third kappa shape index (κ3) is 3.28. The van der Waals surface area contributed by atoms with Crippen LogP contribution in [0.25, 0.3) is 5.69 Å². The van der Waals surface area contributed by atoms with Crippen LogP contribution in [0.15, 0.2) is 40.6 Å². The van der Waals surface area contributed by atoms with Crippen LogP contribution in [0.5, 0.6) is 0 Å². The predicted molar refractivity (Wildman–Crippen MR) is 73.2 cm³/mol. The van der Waals surface area contributed by atoms with Gasteiger partial charge in [-0.05, 0) is 31.2 Å². The number of hydrogen-bond donors (Lipinski definition) is 3. The lowest BCUT2D eigenvalue weighted by Gasteiger charge is -2.01. The monoisotopic (exact) mass is 258 g/mol. The van der Waals surface area contributed by atoms with Crippen molar-refractivity contribution in [1.82, 2.24) is 14.8 Å². The van der Waals surface area contributed by atoms with E-state index in [0.717, 1.165) is 5.69 Å². The smallest absolute Gasteiger partial charge is 0.223 e. The van der Waals surface area contributed by atoms with Crippen molar-refractivity contribution < 1.29 is 0 Å². The van der Waals surface area contributed by atoms with Gasteiger partial charge < -0.3 is 17.2 Å². The second-order valence-corrected chi connectivity index (χ2v) is 3.76. The van der Waals surface area contributed by atoms with Crippen LogP contribution < -0.4 is 17.2 Å². The van der Waals surface area contributed by atoms with Gasteiger partial charge in [0.25, 0.3) is 0 Å². The number of benzene rings is 1. The van der Waals surface area contributed by atoms with E-state index in [2.05, 4.69) is 20.1 Å². The number of aryl methyl sites for hydroxylation is 1. The Bertz CT molecular complexity index is 618. The Morgan fingerprint density at radius 1 is 1.16 bits per heavy atom. The topological polar surface area (TPSA) is 133 Å². The van der Waals surface area contributed by atoms with Crippen LogP contribution in [0, 0.1) is 6.92 Å². The van der Waals surface area contributed by atoms with Gasteiger partial charge in [0.05, 0.1) is 11.4 Å². The van der Waals surface area contributed by atoms with Crippen LogP contribution in [0.4, 0.5) is 5.69 Å². The molecule has 0 aliphatic rings. The number of aliphatic imine (C=N–C) groups is 2. The first-order valence-corrected chi connectivity index (χ1v) is 5.47. The zero-order valence-corrected chi connectivity index (χ0v) is 10.4. The third-order valence-electron chi connectivity index (χ3n) is 2.21. The van der Waals surface area contributed by atoms with E-state index >= 15 is 0 Å². The molecule has 98 valence electrons. The van der Waals surface area contributed by atoms with Gasteiger partial charge >= 0.3 is 0 Å². The van der Waals surface area contributed by atoms with Crippen molar-refractivity contribution in [3.63, 3.8) is 0 Å². The largest absolute Gasteiger partial charge is 0.370 e. The Kier molecular flexibility index (Phi) is 3.42. The highest BCUT2D eigenvalue weighted by atomic mass is 15.3. The molecule has 0 saturated carbocycles. The first-order valence-electron chi connectivity index (χ1n) is 5.47. The lowest BCUT2D eigenvalue weighted by molar-refractivity contribution is 0.863. The summed E-state index contributed by atoms with van der Waals surface area (Å²) in [6, 6.07) is 7.24. The molecule has 1 aromatic heterocycles. The van der Waals surface area contributed by atoms with E-state index in [0.29, 0.717) is 11.5 Å². The molecule has 0 amide bonds. The van der Waals surface area contributed by atoms with Gasteiger partial charge in [0.2, 0.25) is 5.96 Å². The summed E-state index contributed by atoms with van der Waals surface area (Å²) in [7, 11) is 0. The van der Waals surface area contributed by atoms with Crippen LogP contribution in [-0.2, 0) is 0 Å². The van der Waals surface area contributed by atoms with Crippen molar-refractivity contribution in [2.75, 3.05) is 0 Å². The lowest BCUT2D eigenvalue weighted by Crippen LogP contribution is -2.26. The average Bonchev–Trinajstić information content (AvgIpc) is 2.75. The third-order valence-corrected chi connectivity index (χ3v) is 2.21. The zero-order valence-electron chi connectivity index (χ0n) is 10.4. The number of aromatic nitrogens is 3. The molecule has 0 bridgehead atoms. The fourth-order valence-electron chi connectivity index (χ4n) is 1.44. The molecular weight excluding hydrogens is 244 g/mol. The average molecular weight is 258 g/mol. The van der Waals surface area contributed by atoms with Gasteiger partial charge in [-0.2, -0.15) is 10.1 Å². The Labute approximate surface area is 109 Å². The summed E-state index contributed by atoms with van der Waals surface area (Å²) >= 11 is 0. The van der Waals surface area contributed by atoms with Crippen LogP contribution in [0.1, 0.15) is 5.82 Å². The number of nitrogens with zero attached hydrogens (tertiary/aromatic N) is 5. The summed E-state index contributed by atoms with van der Waals surface area (Å²) in [5.41, 5.74) is 17.4. The van der Waals surface area contributed by atoms with E-state index < -0.39 is 0 Å². The summed E-state index contributed by atoms with van der Waals surface area (Å²) < 4.78 is 1.67. The van der Waals surface area contributed by atoms with Gasteiger partial charge in [-0.1, -0.05) is 0 Å². The van der Waals surface area contributed by atoms with Crippen molar-refractivity contribution >= 4 is 17.6 Å². The first kappa shape index (κ1) is 12.6. The van der Waals surface area contributed by atoms with Crippen molar-refractivity contribution in [3.05, 3.63) is 36.4 Å². The second kappa shape index (κ2) is 5.17. The summed E-state index contributed by atoms with van der Waals surface area (Å²) in [6.45, 7) is 1.82. The minimum Gasteiger partial charge on any atom is -0.370 e. The van der Waals surface area contributed by atoms with Crippen molar-refractivity contribution in [3.8, 4) is 5.69 Å². The molecule has 0 fully saturated rings. The molecule has 8 heteroatoms. The molecule has 0 spiro atoms. The number of rotatable bonds is 2. The van der Waals surface area contributed by atoms with E-state index in [1.807, 2.05) is 19.1 Å². The summed E-state index contributed by atoms with van der Waals surface area (Å²) in [5, 5.41) is 4.20. The number of hydrogen-bond acceptors (Lipinski definition) is 3. The van der Waals surface area contributed by atoms with Gasteiger partial charge in [-0.25, -0.2) is 14.7 Å². The normalized spacial score (nSPS) is 11.3. The molecule has 2 rings (SSSR count). The quantitative estimate of drug-likeness (QED) is 0.506. The summed E-state index contributed by atoms with van der Waals surface area (Å²) in [5.74, 6) is 0.583. The summed E-state index contributed by atoms with van der Waals surface area (Å²) in [6.07, 6.45) is 1.64. The minimum atomic E-state index is -0.129. The highest BCUT2D eigenvalue weighted by Crippen LogP contribution is 2.15. The minimum absolute atomic E-state index is 0.00403. The van der Waals surface area contributed by atoms with Crippen LogP contribution in [0.3, 0.4) is 0 Å². The van der Waals surface area contributed by atoms with Gasteiger partial charge in [-0.15, -0.1) is 0 Å². The van der Waals surface area contributed by atoms with E-state index in [1.165, 1.54) is 0 Å². The van der Waals surface area contributed by atoms with Gasteiger partial charge in [0.15, 0.2) is 5.96 Å². The van der Waals surface area contributed by atoms with Crippen molar-refractivity contribution in [2.24, 2.45) is 27.2 Å². The standard InChI is InChI=1S/C11H14N8/c1-7-15-6-19(18-7)9-4-2-8(3-5-9)16-11(14)17-10(12)13/h2-6H,1H3,(H6,12,13,14,16,17). The Morgan fingerprint density at radius 2 is 1.84 bits per heavy atom. The van der Waals surface area contributed by atoms with E-state index in [4.69, 9.17) is 17.2 Å². The van der Waals surface area contributed by atoms with Crippen LogP contribution >= 0.6 is 0 Å². The SMILES string of the molecule is Cc1ncn(-c2ccc(N=C(N)N=C(N)N)cc2)n1. The Balaban J connectivity index is 2.22. The molecule has 1 heterocycles. The molecule has 0 unspecified atom stereocenters. The molecular formula is C11H14N8. The van der Waals surface area contributed by atoms with E-state index in [-0.39, 0.29) is 11.9 Å². The molecule has 19 heavy (non-hydrogen) atoms. The fourth-order valence-corrected chi connectivity index (χ4v) is 1.44. The fraction of sp³-hybridized carbons (Fsp3) is 0.0909. The second-order valence-electron chi connectivity index (χ2n) is 3.76.